The van der Waals surface area contributed by atoms with Crippen LogP contribution in [0.25, 0.3) is 11.5 Å². The average molecular weight is 205 g/mol. The second-order valence-corrected chi connectivity index (χ2v) is 3.55. The van der Waals surface area contributed by atoms with E-state index in [9.17, 15) is 4.79 Å². The van der Waals surface area contributed by atoms with Gasteiger partial charge in [0.05, 0.1) is 5.56 Å². The van der Waals surface area contributed by atoms with Crippen LogP contribution in [0.5, 0.6) is 0 Å². The first-order valence-corrected chi connectivity index (χ1v) is 4.69. The topological polar surface area (TPSA) is 71.8 Å². The van der Waals surface area contributed by atoms with Crippen LogP contribution in [0.3, 0.4) is 0 Å². The van der Waals surface area contributed by atoms with Crippen molar-refractivity contribution in [1.29, 1.82) is 0 Å². The molecule has 78 valence electrons. The van der Waals surface area contributed by atoms with Gasteiger partial charge in [-0.2, -0.15) is 4.98 Å². The lowest BCUT2D eigenvalue weighted by atomic mass is 10.2. The van der Waals surface area contributed by atoms with Crippen LogP contribution in [0.15, 0.2) is 27.6 Å². The van der Waals surface area contributed by atoms with Gasteiger partial charge in [0.2, 0.25) is 5.56 Å². The number of hydrogen-bond acceptors (Lipinski definition) is 4. The molecule has 0 aliphatic heterocycles. The third-order valence-electron chi connectivity index (χ3n) is 1.99. The molecule has 2 rings (SSSR count). The van der Waals surface area contributed by atoms with E-state index >= 15 is 0 Å². The van der Waals surface area contributed by atoms with E-state index in [4.69, 9.17) is 4.52 Å². The molecule has 0 aliphatic carbocycles. The van der Waals surface area contributed by atoms with E-state index in [0.29, 0.717) is 17.3 Å². The standard InChI is InChI=1S/C10H11N3O2/c1-6(2)9-12-10(15-13-9)7-3-4-8(14)11-5-7/h3-6H,1-2H3,(H,11,14). The number of aromatic amines is 1. The van der Waals surface area contributed by atoms with Crippen LogP contribution in [0.4, 0.5) is 0 Å². The minimum Gasteiger partial charge on any atom is -0.334 e. The molecule has 0 radical (unpaired) electrons. The summed E-state index contributed by atoms with van der Waals surface area (Å²) in [6, 6.07) is 3.07. The van der Waals surface area contributed by atoms with Crippen LogP contribution >= 0.6 is 0 Å². The van der Waals surface area contributed by atoms with E-state index < -0.39 is 0 Å². The summed E-state index contributed by atoms with van der Waals surface area (Å²) < 4.78 is 5.07. The molecule has 2 heterocycles. The van der Waals surface area contributed by atoms with E-state index in [1.165, 1.54) is 6.07 Å². The Morgan fingerprint density at radius 3 is 2.73 bits per heavy atom. The first-order valence-electron chi connectivity index (χ1n) is 4.69. The van der Waals surface area contributed by atoms with Crippen molar-refractivity contribution in [3.63, 3.8) is 0 Å². The molecule has 0 spiro atoms. The van der Waals surface area contributed by atoms with Crippen molar-refractivity contribution in [2.75, 3.05) is 0 Å². The number of nitrogens with zero attached hydrogens (tertiary/aromatic N) is 2. The molecule has 15 heavy (non-hydrogen) atoms. The molecular formula is C10H11N3O2. The SMILES string of the molecule is CC(C)c1noc(-c2ccc(=O)[nH]c2)n1. The Kier molecular flexibility index (Phi) is 2.37. The maximum absolute atomic E-state index is 10.8. The van der Waals surface area contributed by atoms with Crippen molar-refractivity contribution >= 4 is 0 Å². The van der Waals surface area contributed by atoms with Gasteiger partial charge in [0, 0.05) is 18.2 Å². The fourth-order valence-electron chi connectivity index (χ4n) is 1.13. The van der Waals surface area contributed by atoms with Gasteiger partial charge >= 0.3 is 0 Å². The number of hydrogen-bond donors (Lipinski definition) is 1. The Bertz CT molecular complexity index is 493. The number of aromatic nitrogens is 3. The summed E-state index contributed by atoms with van der Waals surface area (Å²) in [5.41, 5.74) is 0.566. The number of pyridine rings is 1. The molecular weight excluding hydrogens is 194 g/mol. The van der Waals surface area contributed by atoms with Crippen molar-refractivity contribution in [2.24, 2.45) is 0 Å². The molecule has 0 atom stereocenters. The molecule has 0 amide bonds. The highest BCUT2D eigenvalue weighted by Crippen LogP contribution is 2.17. The smallest absolute Gasteiger partial charge is 0.259 e. The third kappa shape index (κ3) is 1.96. The lowest BCUT2D eigenvalue weighted by Gasteiger charge is -1.93. The van der Waals surface area contributed by atoms with E-state index in [-0.39, 0.29) is 11.5 Å². The molecule has 1 N–H and O–H groups in total. The Labute approximate surface area is 86.1 Å². The molecule has 0 bridgehead atoms. The molecule has 0 saturated heterocycles. The molecule has 2 aromatic heterocycles. The predicted octanol–water partition coefficient (Wildman–Crippen LogP) is 1.55. The van der Waals surface area contributed by atoms with E-state index in [0.717, 1.165) is 0 Å². The van der Waals surface area contributed by atoms with Crippen molar-refractivity contribution < 1.29 is 4.52 Å². The highest BCUT2D eigenvalue weighted by Gasteiger charge is 2.10. The second-order valence-electron chi connectivity index (χ2n) is 3.55. The maximum atomic E-state index is 10.8. The van der Waals surface area contributed by atoms with E-state index in [2.05, 4.69) is 15.1 Å². The molecule has 2 aromatic rings. The summed E-state index contributed by atoms with van der Waals surface area (Å²) in [4.78, 5) is 17.6. The van der Waals surface area contributed by atoms with Crippen molar-refractivity contribution in [3.05, 3.63) is 34.5 Å². The van der Waals surface area contributed by atoms with Crippen LogP contribution in [-0.4, -0.2) is 15.1 Å². The first-order chi connectivity index (χ1) is 7.16. The largest absolute Gasteiger partial charge is 0.334 e. The minimum absolute atomic E-state index is 0.151. The summed E-state index contributed by atoms with van der Waals surface area (Å²) in [5.74, 6) is 1.32. The summed E-state index contributed by atoms with van der Waals surface area (Å²) in [6.45, 7) is 3.98. The summed E-state index contributed by atoms with van der Waals surface area (Å²) >= 11 is 0. The Morgan fingerprint density at radius 1 is 1.40 bits per heavy atom. The highest BCUT2D eigenvalue weighted by atomic mass is 16.5. The fourth-order valence-corrected chi connectivity index (χ4v) is 1.13. The number of H-pyrrole nitrogens is 1. The van der Waals surface area contributed by atoms with Crippen LogP contribution < -0.4 is 5.56 Å². The predicted molar refractivity (Wildman–Crippen MR) is 54.4 cm³/mol. The number of rotatable bonds is 2. The zero-order valence-electron chi connectivity index (χ0n) is 8.52. The molecule has 5 nitrogen and oxygen atoms in total. The lowest BCUT2D eigenvalue weighted by Crippen LogP contribution is -2.01. The summed E-state index contributed by atoms with van der Waals surface area (Å²) in [7, 11) is 0. The molecule has 0 aliphatic rings. The highest BCUT2D eigenvalue weighted by molar-refractivity contribution is 5.50. The van der Waals surface area contributed by atoms with Crippen LogP contribution in [0.1, 0.15) is 25.6 Å². The van der Waals surface area contributed by atoms with Gasteiger partial charge in [0.25, 0.3) is 5.89 Å². The van der Waals surface area contributed by atoms with Crippen molar-refractivity contribution in [1.82, 2.24) is 15.1 Å². The Balaban J connectivity index is 2.37. The third-order valence-corrected chi connectivity index (χ3v) is 1.99. The molecule has 0 aromatic carbocycles. The maximum Gasteiger partial charge on any atom is 0.259 e. The van der Waals surface area contributed by atoms with Gasteiger partial charge in [-0.25, -0.2) is 0 Å². The van der Waals surface area contributed by atoms with E-state index in [1.807, 2.05) is 13.8 Å². The lowest BCUT2D eigenvalue weighted by molar-refractivity contribution is 0.419. The quantitative estimate of drug-likeness (QED) is 0.807. The van der Waals surface area contributed by atoms with Gasteiger partial charge in [-0.1, -0.05) is 19.0 Å². The van der Waals surface area contributed by atoms with Gasteiger partial charge in [-0.3, -0.25) is 4.79 Å². The Morgan fingerprint density at radius 2 is 2.20 bits per heavy atom. The van der Waals surface area contributed by atoms with Gasteiger partial charge in [0.1, 0.15) is 0 Å². The zero-order valence-corrected chi connectivity index (χ0v) is 8.52. The van der Waals surface area contributed by atoms with Crippen LogP contribution in [-0.2, 0) is 0 Å². The summed E-state index contributed by atoms with van der Waals surface area (Å²) in [6.07, 6.45) is 1.56. The van der Waals surface area contributed by atoms with Gasteiger partial charge in [-0.05, 0) is 6.07 Å². The van der Waals surface area contributed by atoms with Crippen molar-refractivity contribution in [3.8, 4) is 11.5 Å². The van der Waals surface area contributed by atoms with Crippen LogP contribution in [0, 0.1) is 0 Å². The average Bonchev–Trinajstić information content (AvgIpc) is 2.68. The molecule has 0 saturated carbocycles. The van der Waals surface area contributed by atoms with Crippen molar-refractivity contribution in [2.45, 2.75) is 19.8 Å². The molecule has 5 heteroatoms. The number of nitrogens with one attached hydrogen (secondary N) is 1. The first kappa shape index (κ1) is 9.64. The monoisotopic (exact) mass is 205 g/mol. The van der Waals surface area contributed by atoms with E-state index in [1.54, 1.807) is 12.3 Å². The zero-order chi connectivity index (χ0) is 10.8. The normalized spacial score (nSPS) is 10.9. The molecule has 0 fully saturated rings. The molecule has 0 unspecified atom stereocenters. The fraction of sp³-hybridized carbons (Fsp3) is 0.300. The van der Waals surface area contributed by atoms with Gasteiger partial charge in [-0.15, -0.1) is 0 Å². The van der Waals surface area contributed by atoms with Gasteiger partial charge < -0.3 is 9.51 Å². The summed E-state index contributed by atoms with van der Waals surface area (Å²) in [5, 5.41) is 3.84. The minimum atomic E-state index is -0.151. The Hall–Kier alpha value is -1.91. The van der Waals surface area contributed by atoms with Gasteiger partial charge in [0.15, 0.2) is 5.82 Å². The second kappa shape index (κ2) is 3.68. The van der Waals surface area contributed by atoms with Crippen LogP contribution in [0.2, 0.25) is 0 Å².